The van der Waals surface area contributed by atoms with Gasteiger partial charge in [0.2, 0.25) is 0 Å². The quantitative estimate of drug-likeness (QED) is 0.0261. The lowest BCUT2D eigenvalue weighted by atomic mass is 10.0. The van der Waals surface area contributed by atoms with E-state index in [4.69, 9.17) is 14.2 Å². The summed E-state index contributed by atoms with van der Waals surface area (Å²) in [4.78, 5) is 38.4. The van der Waals surface area contributed by atoms with Crippen LogP contribution in [0.25, 0.3) is 0 Å². The van der Waals surface area contributed by atoms with Gasteiger partial charge in [0.1, 0.15) is 13.2 Å². The lowest BCUT2D eigenvalue weighted by molar-refractivity contribution is -0.167. The summed E-state index contributed by atoms with van der Waals surface area (Å²) in [6.45, 7) is 6.53. The summed E-state index contributed by atoms with van der Waals surface area (Å²) < 4.78 is 17.0. The zero-order chi connectivity index (χ0) is 59.2. The Bertz CT molecular complexity index is 1640. The van der Waals surface area contributed by atoms with Crippen LogP contribution >= 0.6 is 0 Å². The molecule has 0 aromatic carbocycles. The summed E-state index contributed by atoms with van der Waals surface area (Å²) in [7, 11) is 0. The van der Waals surface area contributed by atoms with Crippen molar-refractivity contribution in [1.82, 2.24) is 0 Å². The summed E-state index contributed by atoms with van der Waals surface area (Å²) >= 11 is 0. The molecule has 470 valence electrons. The van der Waals surface area contributed by atoms with Crippen molar-refractivity contribution >= 4 is 17.9 Å². The van der Waals surface area contributed by atoms with Crippen molar-refractivity contribution in [2.45, 2.75) is 341 Å². The fourth-order valence-corrected chi connectivity index (χ4v) is 9.81. The highest BCUT2D eigenvalue weighted by Crippen LogP contribution is 2.17. The van der Waals surface area contributed by atoms with Crippen molar-refractivity contribution in [3.05, 3.63) is 109 Å². The van der Waals surface area contributed by atoms with Crippen LogP contribution in [-0.4, -0.2) is 37.2 Å². The molecule has 0 fully saturated rings. The molecule has 0 rings (SSSR count). The molecule has 0 aromatic heterocycles. The second-order valence-electron chi connectivity index (χ2n) is 23.1. The second kappa shape index (κ2) is 69.6. The molecule has 0 aliphatic rings. The standard InChI is InChI=1S/C76H130O6/c1-4-7-10-13-16-19-22-25-28-30-32-34-35-36-37-38-39-40-41-42-44-45-48-51-54-57-60-63-66-69-75(78)81-72-73(71-80-74(77)68-65-62-59-56-53-50-47-27-24-21-18-15-12-9-6-3)82-76(79)70-67-64-61-58-55-52-49-46-43-33-31-29-26-23-20-17-14-11-8-5-2/h7,10,16,19,25,27-28,32,34,36-37,39-40,42,44,47-48,51,73H,4-6,8-9,11-15,17-18,20-24,26,29-31,33,35,38,41,43,45-46,49-50,52-72H2,1-3H3/b10-7-,19-16-,28-25-,34-32-,37-36-,40-39-,44-42-,47-27-,51-48-. The van der Waals surface area contributed by atoms with Crippen LogP contribution in [0.15, 0.2) is 109 Å². The van der Waals surface area contributed by atoms with Gasteiger partial charge in [0, 0.05) is 19.3 Å². The summed E-state index contributed by atoms with van der Waals surface area (Å²) in [5, 5.41) is 0. The van der Waals surface area contributed by atoms with Gasteiger partial charge in [-0.2, -0.15) is 0 Å². The van der Waals surface area contributed by atoms with Gasteiger partial charge in [-0.25, -0.2) is 0 Å². The van der Waals surface area contributed by atoms with Gasteiger partial charge in [-0.3, -0.25) is 14.4 Å². The van der Waals surface area contributed by atoms with E-state index in [9.17, 15) is 14.4 Å². The largest absolute Gasteiger partial charge is 0.462 e. The van der Waals surface area contributed by atoms with Crippen LogP contribution in [0.2, 0.25) is 0 Å². The van der Waals surface area contributed by atoms with E-state index in [1.807, 2.05) is 0 Å². The molecule has 6 nitrogen and oxygen atoms in total. The van der Waals surface area contributed by atoms with E-state index in [2.05, 4.69) is 130 Å². The summed E-state index contributed by atoms with van der Waals surface area (Å²) in [6.07, 6.45) is 95.3. The Morgan fingerprint density at radius 1 is 0.256 bits per heavy atom. The number of esters is 3. The number of carbonyl (C=O) groups is 3. The Morgan fingerprint density at radius 2 is 0.476 bits per heavy atom. The van der Waals surface area contributed by atoms with Gasteiger partial charge >= 0.3 is 17.9 Å². The zero-order valence-electron chi connectivity index (χ0n) is 54.0. The number of ether oxygens (including phenoxy) is 3. The molecule has 0 N–H and O–H groups in total. The minimum absolute atomic E-state index is 0.0883. The third kappa shape index (κ3) is 66.9. The molecule has 0 aliphatic heterocycles. The van der Waals surface area contributed by atoms with Crippen LogP contribution in [0.3, 0.4) is 0 Å². The Morgan fingerprint density at radius 3 is 0.756 bits per heavy atom. The van der Waals surface area contributed by atoms with Gasteiger partial charge in [-0.1, -0.05) is 316 Å². The van der Waals surface area contributed by atoms with E-state index in [-0.39, 0.29) is 31.1 Å². The van der Waals surface area contributed by atoms with Gasteiger partial charge in [-0.15, -0.1) is 0 Å². The second-order valence-corrected chi connectivity index (χ2v) is 23.1. The highest BCUT2D eigenvalue weighted by Gasteiger charge is 2.19. The minimum atomic E-state index is -0.794. The molecule has 0 amide bonds. The minimum Gasteiger partial charge on any atom is -0.462 e. The highest BCUT2D eigenvalue weighted by molar-refractivity contribution is 5.71. The molecule has 82 heavy (non-hydrogen) atoms. The molecule has 0 saturated carbocycles. The van der Waals surface area contributed by atoms with Gasteiger partial charge in [0.25, 0.3) is 0 Å². The van der Waals surface area contributed by atoms with Crippen molar-refractivity contribution < 1.29 is 28.6 Å². The predicted octanol–water partition coefficient (Wildman–Crippen LogP) is 24.2. The molecule has 0 saturated heterocycles. The van der Waals surface area contributed by atoms with Crippen molar-refractivity contribution in [2.75, 3.05) is 13.2 Å². The van der Waals surface area contributed by atoms with E-state index in [0.717, 1.165) is 128 Å². The first kappa shape index (κ1) is 78.1. The number of allylic oxidation sites excluding steroid dienone is 18. The lowest BCUT2D eigenvalue weighted by Gasteiger charge is -2.18. The Kier molecular flexibility index (Phi) is 66.2. The van der Waals surface area contributed by atoms with Gasteiger partial charge in [0.05, 0.1) is 0 Å². The molecule has 1 atom stereocenters. The first-order valence-corrected chi connectivity index (χ1v) is 34.9. The molecule has 0 heterocycles. The number of hydrogen-bond donors (Lipinski definition) is 0. The first-order valence-electron chi connectivity index (χ1n) is 34.9. The Balaban J connectivity index is 4.39. The molecule has 0 radical (unpaired) electrons. The van der Waals surface area contributed by atoms with Crippen molar-refractivity contribution in [3.8, 4) is 0 Å². The van der Waals surface area contributed by atoms with Crippen LogP contribution in [0.4, 0.5) is 0 Å². The van der Waals surface area contributed by atoms with Crippen LogP contribution < -0.4 is 0 Å². The van der Waals surface area contributed by atoms with Crippen molar-refractivity contribution in [3.63, 3.8) is 0 Å². The Hall–Kier alpha value is -3.93. The molecule has 0 bridgehead atoms. The summed E-state index contributed by atoms with van der Waals surface area (Å²) in [5.41, 5.74) is 0. The topological polar surface area (TPSA) is 78.9 Å². The summed E-state index contributed by atoms with van der Waals surface area (Å²) in [5.74, 6) is -0.907. The number of unbranched alkanes of at least 4 members (excludes halogenated alkanes) is 34. The molecule has 0 aromatic rings. The third-order valence-corrected chi connectivity index (χ3v) is 15.0. The monoisotopic (exact) mass is 1140 g/mol. The van der Waals surface area contributed by atoms with Gasteiger partial charge in [-0.05, 0) is 109 Å². The maximum Gasteiger partial charge on any atom is 0.306 e. The van der Waals surface area contributed by atoms with E-state index in [1.165, 1.54) is 167 Å². The van der Waals surface area contributed by atoms with Crippen molar-refractivity contribution in [2.24, 2.45) is 0 Å². The molecule has 0 aliphatic carbocycles. The van der Waals surface area contributed by atoms with Crippen LogP contribution in [-0.2, 0) is 28.6 Å². The van der Waals surface area contributed by atoms with E-state index >= 15 is 0 Å². The van der Waals surface area contributed by atoms with Crippen LogP contribution in [0.5, 0.6) is 0 Å². The van der Waals surface area contributed by atoms with E-state index in [1.54, 1.807) is 0 Å². The van der Waals surface area contributed by atoms with Crippen LogP contribution in [0.1, 0.15) is 335 Å². The van der Waals surface area contributed by atoms with E-state index < -0.39 is 6.10 Å². The van der Waals surface area contributed by atoms with Gasteiger partial charge in [0.15, 0.2) is 6.10 Å². The molecule has 1 unspecified atom stereocenters. The normalized spacial score (nSPS) is 12.8. The maximum absolute atomic E-state index is 13.0. The molecule has 0 spiro atoms. The first-order chi connectivity index (χ1) is 40.5. The predicted molar refractivity (Wildman–Crippen MR) is 357 cm³/mol. The van der Waals surface area contributed by atoms with Gasteiger partial charge < -0.3 is 14.2 Å². The lowest BCUT2D eigenvalue weighted by Crippen LogP contribution is -2.30. The van der Waals surface area contributed by atoms with E-state index in [0.29, 0.717) is 19.3 Å². The fraction of sp³-hybridized carbons (Fsp3) is 0.724. The highest BCUT2D eigenvalue weighted by atomic mass is 16.6. The Labute approximate surface area is 508 Å². The zero-order valence-corrected chi connectivity index (χ0v) is 54.0. The number of carbonyl (C=O) groups excluding carboxylic acids is 3. The van der Waals surface area contributed by atoms with Crippen molar-refractivity contribution in [1.29, 1.82) is 0 Å². The molecule has 6 heteroatoms. The molecular weight excluding hydrogens is 1010 g/mol. The summed E-state index contributed by atoms with van der Waals surface area (Å²) in [6, 6.07) is 0. The maximum atomic E-state index is 13.0. The molecular formula is C76H130O6. The number of hydrogen-bond acceptors (Lipinski definition) is 6. The fourth-order valence-electron chi connectivity index (χ4n) is 9.81. The smallest absolute Gasteiger partial charge is 0.306 e. The average Bonchev–Trinajstić information content (AvgIpc) is 3.47. The number of rotatable bonds is 63. The third-order valence-electron chi connectivity index (χ3n) is 15.0. The average molecular weight is 1140 g/mol. The van der Waals surface area contributed by atoms with Crippen LogP contribution in [0, 0.1) is 0 Å². The SMILES string of the molecule is CC/C=C\C/C=C\C/C=C\C/C=C\C/C=C\C/C=C\C/C=C\C/C=C\CCCCCCC(=O)OCC(COC(=O)CCCCCCC/C=C\CCCCCCCC)OC(=O)CCCCCCCCCCCCCCCCCCCCCC.